The van der Waals surface area contributed by atoms with Crippen molar-refractivity contribution in [2.24, 2.45) is 0 Å². The fourth-order valence-electron chi connectivity index (χ4n) is 3.15. The molecule has 1 heterocycles. The smallest absolute Gasteiger partial charge is 0.192 e. The Morgan fingerprint density at radius 1 is 1.21 bits per heavy atom. The minimum atomic E-state index is 0.107. The van der Waals surface area contributed by atoms with Crippen LogP contribution < -0.4 is 4.74 Å². The van der Waals surface area contributed by atoms with E-state index in [1.807, 2.05) is 50.2 Å². The predicted molar refractivity (Wildman–Crippen MR) is 115 cm³/mol. The quantitative estimate of drug-likeness (QED) is 0.354. The summed E-state index contributed by atoms with van der Waals surface area (Å²) in [5, 5.41) is 9.98. The molecule has 150 valence electrons. The maximum absolute atomic E-state index is 12.7. The Morgan fingerprint density at radius 3 is 2.76 bits per heavy atom. The van der Waals surface area contributed by atoms with Crippen LogP contribution in [0.2, 0.25) is 5.02 Å². The minimum Gasteiger partial charge on any atom is -0.484 e. The van der Waals surface area contributed by atoms with Gasteiger partial charge in [-0.2, -0.15) is 0 Å². The molecular formula is C22H22ClN3O2S. The highest BCUT2D eigenvalue weighted by Crippen LogP contribution is 2.39. The summed E-state index contributed by atoms with van der Waals surface area (Å²) in [6, 6.07) is 13.7. The normalized spacial score (nSPS) is 13.5. The van der Waals surface area contributed by atoms with Crippen LogP contribution in [0.3, 0.4) is 0 Å². The monoisotopic (exact) mass is 427 g/mol. The summed E-state index contributed by atoms with van der Waals surface area (Å²) in [5.41, 5.74) is 2.86. The van der Waals surface area contributed by atoms with Crippen molar-refractivity contribution >= 4 is 29.1 Å². The molecule has 0 unspecified atom stereocenters. The number of ketones is 1. The first kappa shape index (κ1) is 20.0. The fourth-order valence-corrected chi connectivity index (χ4v) is 4.25. The standard InChI is InChI=1S/C22H22ClN3O2S/c1-14-7-8-15(2)17(11-14)19(27)13-29-22-25-24-21(26(22)16-9-10-16)12-28-20-6-4-3-5-18(20)23/h3-8,11,16H,9-10,12-13H2,1-2H3. The van der Waals surface area contributed by atoms with E-state index in [4.69, 9.17) is 16.3 Å². The van der Waals surface area contributed by atoms with Gasteiger partial charge in [0.2, 0.25) is 0 Å². The first-order valence-corrected chi connectivity index (χ1v) is 10.9. The topological polar surface area (TPSA) is 57.0 Å². The maximum atomic E-state index is 12.7. The van der Waals surface area contributed by atoms with Crippen molar-refractivity contribution in [1.29, 1.82) is 0 Å². The van der Waals surface area contributed by atoms with Gasteiger partial charge in [-0.3, -0.25) is 9.36 Å². The van der Waals surface area contributed by atoms with Crippen LogP contribution in [-0.2, 0) is 6.61 Å². The van der Waals surface area contributed by atoms with E-state index in [2.05, 4.69) is 14.8 Å². The van der Waals surface area contributed by atoms with Crippen molar-refractivity contribution in [2.45, 2.75) is 44.5 Å². The predicted octanol–water partition coefficient (Wildman–Crippen LogP) is 5.44. The number of nitrogens with zero attached hydrogens (tertiary/aromatic N) is 3. The molecule has 7 heteroatoms. The third kappa shape index (κ3) is 4.65. The lowest BCUT2D eigenvalue weighted by Gasteiger charge is -2.11. The number of benzene rings is 2. The molecular weight excluding hydrogens is 406 g/mol. The van der Waals surface area contributed by atoms with Crippen molar-refractivity contribution in [2.75, 3.05) is 5.75 Å². The molecule has 3 aromatic rings. The van der Waals surface area contributed by atoms with Gasteiger partial charge in [0.05, 0.1) is 10.8 Å². The van der Waals surface area contributed by atoms with Crippen LogP contribution in [0.25, 0.3) is 0 Å². The van der Waals surface area contributed by atoms with Gasteiger partial charge >= 0.3 is 0 Å². The number of rotatable bonds is 8. The van der Waals surface area contributed by atoms with E-state index in [0.717, 1.165) is 40.5 Å². The minimum absolute atomic E-state index is 0.107. The van der Waals surface area contributed by atoms with Gasteiger partial charge in [0.25, 0.3) is 0 Å². The molecule has 0 N–H and O–H groups in total. The van der Waals surface area contributed by atoms with Gasteiger partial charge in [-0.25, -0.2) is 0 Å². The molecule has 4 rings (SSSR count). The van der Waals surface area contributed by atoms with Gasteiger partial charge in [0, 0.05) is 11.6 Å². The summed E-state index contributed by atoms with van der Waals surface area (Å²) in [4.78, 5) is 12.7. The number of Topliss-reactive ketones (excluding diaryl/α,β-unsaturated/α-hetero) is 1. The third-order valence-electron chi connectivity index (χ3n) is 4.87. The Balaban J connectivity index is 1.46. The van der Waals surface area contributed by atoms with E-state index in [1.165, 1.54) is 11.8 Å². The van der Waals surface area contributed by atoms with Gasteiger partial charge < -0.3 is 4.74 Å². The number of carbonyl (C=O) groups is 1. The summed E-state index contributed by atoms with van der Waals surface area (Å²) in [5.74, 6) is 1.82. The summed E-state index contributed by atoms with van der Waals surface area (Å²) < 4.78 is 7.96. The lowest BCUT2D eigenvalue weighted by Crippen LogP contribution is -2.09. The van der Waals surface area contributed by atoms with E-state index in [9.17, 15) is 4.79 Å². The van der Waals surface area contributed by atoms with Crippen molar-refractivity contribution in [3.63, 3.8) is 0 Å². The first-order valence-electron chi connectivity index (χ1n) is 9.57. The molecule has 0 aliphatic heterocycles. The Bertz CT molecular complexity index is 1050. The zero-order valence-corrected chi connectivity index (χ0v) is 18.0. The molecule has 0 spiro atoms. The van der Waals surface area contributed by atoms with E-state index in [-0.39, 0.29) is 5.78 Å². The molecule has 1 fully saturated rings. The zero-order chi connectivity index (χ0) is 20.4. The number of carbonyl (C=O) groups excluding carboxylic acids is 1. The lowest BCUT2D eigenvalue weighted by molar-refractivity contribution is 0.102. The Morgan fingerprint density at radius 2 is 2.00 bits per heavy atom. The molecule has 0 bridgehead atoms. The van der Waals surface area contributed by atoms with Gasteiger partial charge in [0.15, 0.2) is 16.8 Å². The summed E-state index contributed by atoms with van der Waals surface area (Å²) >= 11 is 7.60. The molecule has 0 atom stereocenters. The second kappa shape index (κ2) is 8.59. The largest absolute Gasteiger partial charge is 0.484 e. The van der Waals surface area contributed by atoms with Crippen LogP contribution in [0.1, 0.15) is 46.2 Å². The lowest BCUT2D eigenvalue weighted by atomic mass is 10.0. The fraction of sp³-hybridized carbons (Fsp3) is 0.318. The molecule has 0 amide bonds. The highest BCUT2D eigenvalue weighted by Gasteiger charge is 2.30. The molecule has 1 aliphatic rings. The number of thioether (sulfide) groups is 1. The van der Waals surface area contributed by atoms with Crippen molar-refractivity contribution in [1.82, 2.24) is 14.8 Å². The number of halogens is 1. The Kier molecular flexibility index (Phi) is 5.92. The number of hydrogen-bond donors (Lipinski definition) is 0. The van der Waals surface area contributed by atoms with Crippen LogP contribution in [0.15, 0.2) is 47.6 Å². The van der Waals surface area contributed by atoms with E-state index >= 15 is 0 Å². The molecule has 29 heavy (non-hydrogen) atoms. The zero-order valence-electron chi connectivity index (χ0n) is 16.4. The van der Waals surface area contributed by atoms with Crippen LogP contribution in [0.4, 0.5) is 0 Å². The van der Waals surface area contributed by atoms with Crippen LogP contribution in [-0.4, -0.2) is 26.3 Å². The average molecular weight is 428 g/mol. The van der Waals surface area contributed by atoms with E-state index < -0.39 is 0 Å². The number of ether oxygens (including phenoxy) is 1. The summed E-state index contributed by atoms with van der Waals surface area (Å²) in [6.07, 6.45) is 2.19. The molecule has 1 aromatic heterocycles. The van der Waals surface area contributed by atoms with Crippen LogP contribution in [0, 0.1) is 13.8 Å². The number of aromatic nitrogens is 3. The van der Waals surface area contributed by atoms with Crippen LogP contribution in [0.5, 0.6) is 5.75 Å². The summed E-state index contributed by atoms with van der Waals surface area (Å²) in [7, 11) is 0. The summed E-state index contributed by atoms with van der Waals surface area (Å²) in [6.45, 7) is 4.26. The molecule has 0 radical (unpaired) electrons. The average Bonchev–Trinajstić information content (AvgIpc) is 3.47. The number of para-hydroxylation sites is 1. The van der Waals surface area contributed by atoms with Crippen molar-refractivity contribution < 1.29 is 9.53 Å². The highest BCUT2D eigenvalue weighted by molar-refractivity contribution is 7.99. The van der Waals surface area contributed by atoms with Gasteiger partial charge in [0.1, 0.15) is 12.4 Å². The van der Waals surface area contributed by atoms with Crippen molar-refractivity contribution in [3.05, 3.63) is 70.0 Å². The maximum Gasteiger partial charge on any atom is 0.192 e. The van der Waals surface area contributed by atoms with E-state index in [0.29, 0.717) is 29.2 Å². The van der Waals surface area contributed by atoms with E-state index in [1.54, 1.807) is 6.07 Å². The highest BCUT2D eigenvalue weighted by atomic mass is 35.5. The molecule has 1 saturated carbocycles. The molecule has 2 aromatic carbocycles. The Labute approximate surface area is 179 Å². The van der Waals surface area contributed by atoms with Gasteiger partial charge in [-0.15, -0.1) is 10.2 Å². The SMILES string of the molecule is Cc1ccc(C)c(C(=O)CSc2nnc(COc3ccccc3Cl)n2C2CC2)c1. The molecule has 5 nitrogen and oxygen atoms in total. The second-order valence-corrected chi connectivity index (χ2v) is 8.60. The molecule has 1 aliphatic carbocycles. The van der Waals surface area contributed by atoms with Crippen LogP contribution >= 0.6 is 23.4 Å². The van der Waals surface area contributed by atoms with Gasteiger partial charge in [-0.1, -0.05) is 53.2 Å². The second-order valence-electron chi connectivity index (χ2n) is 7.25. The Hall–Kier alpha value is -2.31. The first-order chi connectivity index (χ1) is 14.0. The van der Waals surface area contributed by atoms with Crippen molar-refractivity contribution in [3.8, 4) is 5.75 Å². The molecule has 0 saturated heterocycles. The third-order valence-corrected chi connectivity index (χ3v) is 6.12. The number of hydrogen-bond acceptors (Lipinski definition) is 5. The number of aryl methyl sites for hydroxylation is 2. The van der Waals surface area contributed by atoms with Gasteiger partial charge in [-0.05, 0) is 50.5 Å².